The van der Waals surface area contributed by atoms with Crippen LogP contribution in [0.5, 0.6) is 0 Å². The van der Waals surface area contributed by atoms with Gasteiger partial charge in [-0.2, -0.15) is 44.2 Å². The average molecular weight is 1560 g/mol. The third-order valence-electron chi connectivity index (χ3n) is 13.6. The Hall–Kier alpha value is -8.35. The number of nitrogens with one attached hydrogen (secondary N) is 3. The van der Waals surface area contributed by atoms with Gasteiger partial charge in [0.25, 0.3) is 30.1 Å². The molecule has 9 aromatic rings. The Bertz CT molecular complexity index is 4860. The van der Waals surface area contributed by atoms with Gasteiger partial charge in [-0.15, -0.1) is 0 Å². The van der Waals surface area contributed by atoms with Gasteiger partial charge in [0.05, 0.1) is 114 Å². The number of sulfonamides is 3. The molecule has 6 heterocycles. The lowest BCUT2D eigenvalue weighted by atomic mass is 10.00. The van der Waals surface area contributed by atoms with E-state index < -0.39 is 143 Å². The van der Waals surface area contributed by atoms with E-state index in [4.69, 9.17) is 69.6 Å². The molecule has 522 valence electrons. The summed E-state index contributed by atoms with van der Waals surface area (Å²) in [6.45, 7) is 5.01. The minimum absolute atomic E-state index is 0.00104. The van der Waals surface area contributed by atoms with Gasteiger partial charge in [-0.3, -0.25) is 38.5 Å². The van der Waals surface area contributed by atoms with E-state index in [1.54, 1.807) is 13.8 Å². The normalized spacial score (nSPS) is 12.0. The summed E-state index contributed by atoms with van der Waals surface area (Å²) < 4.78 is 202. The summed E-state index contributed by atoms with van der Waals surface area (Å²) in [6.07, 6.45) is -7.40. The number of aliphatic hydroxyl groups excluding tert-OH is 2. The van der Waals surface area contributed by atoms with Gasteiger partial charge in [0.2, 0.25) is 23.0 Å². The van der Waals surface area contributed by atoms with Crippen LogP contribution in [0.1, 0.15) is 98.6 Å². The van der Waals surface area contributed by atoms with Crippen molar-refractivity contribution in [3.8, 4) is 0 Å². The highest BCUT2D eigenvalue weighted by Gasteiger charge is 2.38. The molecule has 21 nitrogen and oxygen atoms in total. The molecule has 99 heavy (non-hydrogen) atoms. The summed E-state index contributed by atoms with van der Waals surface area (Å²) >= 11 is 34.4. The molecule has 0 bridgehead atoms. The molecule has 0 aliphatic rings. The van der Waals surface area contributed by atoms with E-state index in [2.05, 4.69) is 39.1 Å². The number of aromatic nitrogens is 6. The molecule has 39 heteroatoms. The second-order valence-electron chi connectivity index (χ2n) is 20.4. The van der Waals surface area contributed by atoms with Crippen molar-refractivity contribution in [2.75, 3.05) is 14.2 Å². The first kappa shape index (κ1) is 78.0. The Morgan fingerprint density at radius 2 is 0.808 bits per heavy atom. The van der Waals surface area contributed by atoms with E-state index in [-0.39, 0.29) is 71.5 Å². The van der Waals surface area contributed by atoms with Crippen molar-refractivity contribution in [2.45, 2.75) is 74.1 Å². The lowest BCUT2D eigenvalue weighted by molar-refractivity contribution is -0.612. The van der Waals surface area contributed by atoms with E-state index >= 15 is 0 Å². The van der Waals surface area contributed by atoms with Crippen LogP contribution in [0, 0.1) is 32.9 Å². The van der Waals surface area contributed by atoms with Crippen LogP contribution in [0.3, 0.4) is 0 Å². The first-order valence-electron chi connectivity index (χ1n) is 27.0. The molecular weight excluding hydrogens is 1520 g/mol. The molecule has 0 aliphatic carbocycles. The summed E-state index contributed by atoms with van der Waals surface area (Å²) in [5, 5.41) is 28.9. The number of hydrogen-bond donors (Lipinski definition) is 5. The van der Waals surface area contributed by atoms with Crippen LogP contribution in [0.2, 0.25) is 30.1 Å². The Morgan fingerprint density at radius 1 is 0.465 bits per heavy atom. The standard InChI is InChI=1S/3C20H14Cl2F3N3O4S/c1-10-5-6-28(30)11(2)17(10)19(29)18-16(7-12(21)9-26-18)27-33(31,32)13-3-4-15(22)14(8-13)20(23,24)25;1-10-17(11(9-29)4-5-26-10)19(30)18-16(6-12(21)8-27-18)28-33(31,32)13-2-3-15(22)14(7-13)20(23,24)25;1-10-4-5-26-16(9-29)17(10)19(30)18-15(6-11(21)8-27-18)28-33(31,32)12-2-3-14(22)13(7-12)20(23,24)25/h3-9,27H,1-2H3;2*2-8,28-29H,9H2,1H3. The number of rotatable bonds is 17. The molecule has 0 spiro atoms. The lowest BCUT2D eigenvalue weighted by Gasteiger charge is -2.15. The summed E-state index contributed by atoms with van der Waals surface area (Å²) in [6, 6.07) is 13.7. The molecule has 5 N–H and O–H groups in total. The minimum Gasteiger partial charge on any atom is -0.618 e. The van der Waals surface area contributed by atoms with E-state index in [0.29, 0.717) is 34.1 Å². The van der Waals surface area contributed by atoms with E-state index in [0.717, 1.165) is 73.2 Å². The number of alkyl halides is 9. The molecule has 0 unspecified atom stereocenters. The topological polar surface area (TPSA) is 322 Å². The number of hydrogen-bond acceptors (Lipinski definition) is 17. The SMILES string of the molecule is Cc1cc[n+]([O-])c(C)c1C(=O)c1ncc(Cl)cc1NS(=O)(=O)c1ccc(Cl)c(C(F)(F)F)c1.Cc1ccnc(CO)c1C(=O)c1ncc(Cl)cc1NS(=O)(=O)c1ccc(Cl)c(C(F)(F)F)c1.Cc1nccc(CO)c1C(=O)c1ncc(Cl)cc1NS(=O)(=O)c1ccc(Cl)c(C(F)(F)F)c1. The smallest absolute Gasteiger partial charge is 0.417 e. The van der Waals surface area contributed by atoms with Gasteiger partial charge in [-0.05, 0) is 122 Å². The zero-order valence-electron chi connectivity index (χ0n) is 50.1. The number of nitrogens with zero attached hydrogens (tertiary/aromatic N) is 6. The number of aliphatic hydroxyl groups is 2. The van der Waals surface area contributed by atoms with E-state index in [1.165, 1.54) is 50.6 Å². The molecule has 0 aliphatic heterocycles. The van der Waals surface area contributed by atoms with Gasteiger partial charge >= 0.3 is 18.5 Å². The minimum atomic E-state index is -4.89. The maximum absolute atomic E-state index is 13.2. The van der Waals surface area contributed by atoms with Crippen LogP contribution in [-0.4, -0.2) is 77.7 Å². The van der Waals surface area contributed by atoms with Crippen molar-refractivity contribution in [3.63, 3.8) is 0 Å². The fraction of sp³-hybridized carbons (Fsp3) is 0.150. The number of carbonyl (C=O) groups excluding carboxylic acids is 3. The lowest BCUT2D eigenvalue weighted by Crippen LogP contribution is -2.32. The van der Waals surface area contributed by atoms with Crippen LogP contribution in [-0.2, 0) is 61.8 Å². The van der Waals surface area contributed by atoms with Gasteiger partial charge in [-0.25, -0.2) is 40.2 Å². The van der Waals surface area contributed by atoms with E-state index in [1.807, 2.05) is 0 Å². The summed E-state index contributed by atoms with van der Waals surface area (Å²) in [5.41, 5.74) is -4.88. The quantitative estimate of drug-likeness (QED) is 0.0245. The number of carbonyl (C=O) groups is 3. The van der Waals surface area contributed by atoms with Crippen molar-refractivity contribution in [1.29, 1.82) is 0 Å². The first-order chi connectivity index (χ1) is 45.9. The Balaban J connectivity index is 0.000000209. The predicted molar refractivity (Wildman–Crippen MR) is 344 cm³/mol. The zero-order valence-corrected chi connectivity index (χ0v) is 57.1. The zero-order chi connectivity index (χ0) is 73.8. The molecule has 0 amide bonds. The number of anilines is 3. The van der Waals surface area contributed by atoms with Crippen LogP contribution in [0.15, 0.2) is 143 Å². The maximum Gasteiger partial charge on any atom is 0.417 e. The van der Waals surface area contributed by atoms with Crippen LogP contribution >= 0.6 is 69.6 Å². The summed E-state index contributed by atoms with van der Waals surface area (Å²) in [5.74, 6) is -2.33. The van der Waals surface area contributed by atoms with Crippen LogP contribution < -0.4 is 18.9 Å². The highest BCUT2D eigenvalue weighted by Crippen LogP contribution is 2.40. The Kier molecular flexibility index (Phi) is 24.1. The van der Waals surface area contributed by atoms with Crippen LogP contribution in [0.4, 0.5) is 56.6 Å². The molecule has 3 aromatic carbocycles. The predicted octanol–water partition coefficient (Wildman–Crippen LogP) is 14.0. The molecular formula is C60H42Cl6F9N9O12S3. The van der Waals surface area contributed by atoms with Crippen molar-refractivity contribution < 1.29 is 94.1 Å². The van der Waals surface area contributed by atoms with Crippen molar-refractivity contribution in [2.24, 2.45) is 0 Å². The highest BCUT2D eigenvalue weighted by atomic mass is 35.5. The van der Waals surface area contributed by atoms with Gasteiger partial charge in [-0.1, -0.05) is 69.6 Å². The summed E-state index contributed by atoms with van der Waals surface area (Å²) in [4.78, 5) is 56.9. The van der Waals surface area contributed by atoms with Crippen molar-refractivity contribution in [1.82, 2.24) is 24.9 Å². The third kappa shape index (κ3) is 18.4. The fourth-order valence-corrected chi connectivity index (χ4v) is 13.3. The molecule has 0 saturated carbocycles. The average Bonchev–Trinajstić information content (AvgIpc) is 0.794. The Labute approximate surface area is 585 Å². The monoisotopic (exact) mass is 1560 g/mol. The third-order valence-corrected chi connectivity index (χ3v) is 19.3. The van der Waals surface area contributed by atoms with Crippen molar-refractivity contribution >= 4 is 134 Å². The summed E-state index contributed by atoms with van der Waals surface area (Å²) in [7, 11) is -13.9. The number of benzene rings is 3. The number of halogens is 15. The number of ketones is 3. The maximum atomic E-state index is 13.2. The fourth-order valence-electron chi connectivity index (χ4n) is 8.95. The van der Waals surface area contributed by atoms with Gasteiger partial charge in [0.1, 0.15) is 17.1 Å². The molecule has 6 aromatic heterocycles. The number of pyridine rings is 6. The molecule has 0 radical (unpaired) electrons. The largest absolute Gasteiger partial charge is 0.618 e. The Morgan fingerprint density at radius 3 is 1.16 bits per heavy atom. The molecule has 0 saturated heterocycles. The first-order valence-corrected chi connectivity index (χ1v) is 33.7. The van der Waals surface area contributed by atoms with Gasteiger partial charge in [0.15, 0.2) is 6.20 Å². The molecule has 0 fully saturated rings. The van der Waals surface area contributed by atoms with Gasteiger partial charge < -0.3 is 15.4 Å². The molecule has 0 atom stereocenters. The number of aryl methyl sites for hydroxylation is 3. The second-order valence-corrected chi connectivity index (χ2v) is 27.9. The van der Waals surface area contributed by atoms with E-state index in [9.17, 15) is 94.6 Å². The molecule has 9 rings (SSSR count). The van der Waals surface area contributed by atoms with Crippen molar-refractivity contribution in [3.05, 3.63) is 248 Å². The van der Waals surface area contributed by atoms with Crippen LogP contribution in [0.25, 0.3) is 0 Å². The van der Waals surface area contributed by atoms with Gasteiger partial charge in [0, 0.05) is 49.7 Å². The second kappa shape index (κ2) is 30.6. The highest BCUT2D eigenvalue weighted by molar-refractivity contribution is 7.93.